The number of carbonyl (C=O) groups is 1. The zero-order valence-corrected chi connectivity index (χ0v) is 16.2. The van der Waals surface area contributed by atoms with E-state index in [4.69, 9.17) is 0 Å². The largest absolute Gasteiger partial charge is 0.416 e. The smallest absolute Gasteiger partial charge is 0.322 e. The van der Waals surface area contributed by atoms with Crippen LogP contribution in [-0.4, -0.2) is 5.91 Å². The molecule has 0 fully saturated rings. The zero-order valence-electron chi connectivity index (χ0n) is 15.4. The Labute approximate surface area is 169 Å². The van der Waals surface area contributed by atoms with E-state index in [1.165, 1.54) is 23.5 Å². The summed E-state index contributed by atoms with van der Waals surface area (Å²) in [5.74, 6) is -0.451. The van der Waals surface area contributed by atoms with Crippen molar-refractivity contribution in [3.8, 4) is 11.1 Å². The third kappa shape index (κ3) is 4.03. The van der Waals surface area contributed by atoms with Crippen molar-refractivity contribution in [3.63, 3.8) is 0 Å². The van der Waals surface area contributed by atoms with Gasteiger partial charge in [-0.25, -0.2) is 0 Å². The van der Waals surface area contributed by atoms with E-state index in [1.807, 2.05) is 42.6 Å². The second-order valence-electron chi connectivity index (χ2n) is 6.75. The number of anilines is 1. The first-order valence-electron chi connectivity index (χ1n) is 8.88. The number of amides is 1. The van der Waals surface area contributed by atoms with E-state index >= 15 is 0 Å². The lowest BCUT2D eigenvalue weighted by atomic mass is 9.98. The Kier molecular flexibility index (Phi) is 4.88. The van der Waals surface area contributed by atoms with Crippen molar-refractivity contribution in [2.45, 2.75) is 13.1 Å². The highest BCUT2D eigenvalue weighted by atomic mass is 32.1. The number of halogens is 3. The molecule has 4 aromatic rings. The van der Waals surface area contributed by atoms with Crippen LogP contribution in [0.3, 0.4) is 0 Å². The van der Waals surface area contributed by atoms with Gasteiger partial charge in [0.1, 0.15) is 0 Å². The van der Waals surface area contributed by atoms with Gasteiger partial charge in [0.15, 0.2) is 0 Å². The Morgan fingerprint density at radius 1 is 0.966 bits per heavy atom. The van der Waals surface area contributed by atoms with Crippen LogP contribution in [-0.2, 0) is 6.18 Å². The zero-order chi connectivity index (χ0) is 20.6. The van der Waals surface area contributed by atoms with Crippen LogP contribution < -0.4 is 5.32 Å². The summed E-state index contributed by atoms with van der Waals surface area (Å²) in [5, 5.41) is 5.57. The van der Waals surface area contributed by atoms with Crippen LogP contribution in [0.4, 0.5) is 18.9 Å². The van der Waals surface area contributed by atoms with Crippen LogP contribution in [0.25, 0.3) is 21.2 Å². The van der Waals surface area contributed by atoms with Crippen LogP contribution in [0.15, 0.2) is 72.1 Å². The first kappa shape index (κ1) is 19.2. The van der Waals surface area contributed by atoms with Crippen molar-refractivity contribution < 1.29 is 18.0 Å². The normalized spacial score (nSPS) is 11.6. The minimum atomic E-state index is -4.46. The average molecular weight is 411 g/mol. The van der Waals surface area contributed by atoms with Crippen LogP contribution in [0.2, 0.25) is 0 Å². The Balaban J connectivity index is 1.71. The van der Waals surface area contributed by atoms with Gasteiger partial charge in [0, 0.05) is 21.3 Å². The number of alkyl halides is 3. The van der Waals surface area contributed by atoms with Crippen LogP contribution in [0.5, 0.6) is 0 Å². The minimum Gasteiger partial charge on any atom is -0.322 e. The molecule has 0 saturated carbocycles. The number of carbonyl (C=O) groups excluding carboxylic acids is 1. The highest BCUT2D eigenvalue weighted by molar-refractivity contribution is 7.17. The van der Waals surface area contributed by atoms with Crippen LogP contribution in [0, 0.1) is 6.92 Å². The van der Waals surface area contributed by atoms with E-state index in [0.29, 0.717) is 5.56 Å². The predicted octanol–water partition coefficient (Wildman–Crippen LogP) is 7.15. The van der Waals surface area contributed by atoms with Gasteiger partial charge in [0.2, 0.25) is 0 Å². The summed E-state index contributed by atoms with van der Waals surface area (Å²) < 4.78 is 39.7. The molecular formula is C23H16F3NOS. The fraction of sp³-hybridized carbons (Fsp3) is 0.0870. The standard InChI is InChI=1S/C23H16F3NOS/c1-14-5-7-15(8-6-14)20-11-16(12-21-19(20)9-10-29-21)22(28)27-18-4-2-3-17(13-18)23(24,25)26/h2-13H,1H3,(H,27,28). The summed E-state index contributed by atoms with van der Waals surface area (Å²) >= 11 is 1.51. The van der Waals surface area contributed by atoms with Crippen molar-refractivity contribution in [1.82, 2.24) is 0 Å². The van der Waals surface area contributed by atoms with Crippen molar-refractivity contribution in [2.24, 2.45) is 0 Å². The number of rotatable bonds is 3. The first-order valence-corrected chi connectivity index (χ1v) is 9.76. The predicted molar refractivity (Wildman–Crippen MR) is 111 cm³/mol. The van der Waals surface area contributed by atoms with E-state index in [-0.39, 0.29) is 5.69 Å². The van der Waals surface area contributed by atoms with Gasteiger partial charge in [0.05, 0.1) is 5.56 Å². The summed E-state index contributed by atoms with van der Waals surface area (Å²) in [6.45, 7) is 2.00. The third-order valence-corrected chi connectivity index (χ3v) is 5.51. The summed E-state index contributed by atoms with van der Waals surface area (Å²) in [6.07, 6.45) is -4.46. The van der Waals surface area contributed by atoms with E-state index in [9.17, 15) is 18.0 Å². The van der Waals surface area contributed by atoms with E-state index in [0.717, 1.165) is 38.9 Å². The molecule has 0 aliphatic carbocycles. The maximum absolute atomic E-state index is 12.9. The summed E-state index contributed by atoms with van der Waals surface area (Å²) in [4.78, 5) is 12.8. The lowest BCUT2D eigenvalue weighted by Crippen LogP contribution is -2.13. The SMILES string of the molecule is Cc1ccc(-c2cc(C(=O)Nc3cccc(C(F)(F)F)c3)cc3sccc23)cc1. The molecule has 1 aromatic heterocycles. The van der Waals surface area contributed by atoms with Gasteiger partial charge < -0.3 is 5.32 Å². The topological polar surface area (TPSA) is 29.1 Å². The molecule has 4 rings (SSSR count). The lowest BCUT2D eigenvalue weighted by Gasteiger charge is -2.11. The van der Waals surface area contributed by atoms with E-state index in [2.05, 4.69) is 5.32 Å². The fourth-order valence-corrected chi connectivity index (χ4v) is 4.00. The average Bonchev–Trinajstić information content (AvgIpc) is 3.16. The highest BCUT2D eigenvalue weighted by Gasteiger charge is 2.30. The lowest BCUT2D eigenvalue weighted by molar-refractivity contribution is -0.137. The van der Waals surface area contributed by atoms with Crippen molar-refractivity contribution in [1.29, 1.82) is 0 Å². The minimum absolute atomic E-state index is 0.105. The summed E-state index contributed by atoms with van der Waals surface area (Å²) in [6, 6.07) is 18.2. The monoisotopic (exact) mass is 411 g/mol. The molecule has 0 spiro atoms. The Hall–Kier alpha value is -3.12. The molecule has 1 amide bonds. The Morgan fingerprint density at radius 2 is 1.72 bits per heavy atom. The Bertz CT molecular complexity index is 1190. The molecule has 0 atom stereocenters. The summed E-state index contributed by atoms with van der Waals surface area (Å²) in [7, 11) is 0. The second kappa shape index (κ2) is 7.37. The molecule has 3 aromatic carbocycles. The molecule has 0 unspecified atom stereocenters. The summed E-state index contributed by atoms with van der Waals surface area (Å²) in [5.41, 5.74) is 2.73. The molecule has 2 nitrogen and oxygen atoms in total. The maximum atomic E-state index is 12.9. The number of benzene rings is 3. The third-order valence-electron chi connectivity index (χ3n) is 4.64. The number of thiophene rings is 1. The molecule has 0 aliphatic rings. The number of aryl methyl sites for hydroxylation is 1. The van der Waals surface area contributed by atoms with Crippen molar-refractivity contribution in [2.75, 3.05) is 5.32 Å². The van der Waals surface area contributed by atoms with Crippen LogP contribution >= 0.6 is 11.3 Å². The molecular weight excluding hydrogens is 395 g/mol. The first-order chi connectivity index (χ1) is 13.8. The number of fused-ring (bicyclic) bond motifs is 1. The molecule has 29 heavy (non-hydrogen) atoms. The van der Waals surface area contributed by atoms with Gasteiger partial charge in [0.25, 0.3) is 5.91 Å². The maximum Gasteiger partial charge on any atom is 0.416 e. The molecule has 0 saturated heterocycles. The fourth-order valence-electron chi connectivity index (χ4n) is 3.15. The van der Waals surface area contributed by atoms with Crippen LogP contribution in [0.1, 0.15) is 21.5 Å². The molecule has 0 aliphatic heterocycles. The molecule has 6 heteroatoms. The molecule has 1 heterocycles. The molecule has 1 N–H and O–H groups in total. The van der Waals surface area contributed by atoms with Gasteiger partial charge in [-0.2, -0.15) is 13.2 Å². The molecule has 0 bridgehead atoms. The van der Waals surface area contributed by atoms with E-state index in [1.54, 1.807) is 12.1 Å². The second-order valence-corrected chi connectivity index (χ2v) is 7.70. The van der Waals surface area contributed by atoms with Gasteiger partial charge in [-0.05, 0) is 59.8 Å². The van der Waals surface area contributed by atoms with Crippen molar-refractivity contribution in [3.05, 3.63) is 88.8 Å². The van der Waals surface area contributed by atoms with Crippen molar-refractivity contribution >= 4 is 33.0 Å². The number of hydrogen-bond acceptors (Lipinski definition) is 2. The number of hydrogen-bond donors (Lipinski definition) is 1. The van der Waals surface area contributed by atoms with E-state index < -0.39 is 17.6 Å². The molecule has 146 valence electrons. The van der Waals surface area contributed by atoms with Gasteiger partial charge in [-0.1, -0.05) is 35.9 Å². The molecule has 0 radical (unpaired) electrons. The number of nitrogens with one attached hydrogen (secondary N) is 1. The van der Waals surface area contributed by atoms with Gasteiger partial charge in [-0.3, -0.25) is 4.79 Å². The van der Waals surface area contributed by atoms with Gasteiger partial charge >= 0.3 is 6.18 Å². The van der Waals surface area contributed by atoms with Gasteiger partial charge in [-0.15, -0.1) is 11.3 Å². The Morgan fingerprint density at radius 3 is 2.45 bits per heavy atom. The highest BCUT2D eigenvalue weighted by Crippen LogP contribution is 2.34. The quantitative estimate of drug-likeness (QED) is 0.381.